The molecule has 1 aliphatic rings. The quantitative estimate of drug-likeness (QED) is 0.791. The number of carbonyl (C=O) groups excluding carboxylic acids is 1. The molecule has 1 aliphatic heterocycles. The predicted molar refractivity (Wildman–Crippen MR) is 74.6 cm³/mol. The number of nitrogens with zero attached hydrogens (tertiary/aromatic N) is 1. The SMILES string of the molecule is CC1CN(C(=O)c2cc(Br)ccc2F)CC(C)(C)O1. The number of carbonyl (C=O) groups is 1. The van der Waals surface area contributed by atoms with Gasteiger partial charge >= 0.3 is 0 Å². The molecule has 104 valence electrons. The minimum Gasteiger partial charge on any atom is -0.369 e. The zero-order chi connectivity index (χ0) is 14.2. The second-order valence-electron chi connectivity index (χ2n) is 5.50. The highest BCUT2D eigenvalue weighted by atomic mass is 79.9. The lowest BCUT2D eigenvalue weighted by Crippen LogP contribution is -2.53. The van der Waals surface area contributed by atoms with Crippen molar-refractivity contribution < 1.29 is 13.9 Å². The Bertz CT molecular complexity index is 504. The minimum absolute atomic E-state index is 0.0529. The molecular weight excluding hydrogens is 313 g/mol. The number of ether oxygens (including phenoxy) is 1. The van der Waals surface area contributed by atoms with Crippen LogP contribution in [0, 0.1) is 5.82 Å². The maximum absolute atomic E-state index is 13.8. The summed E-state index contributed by atoms with van der Waals surface area (Å²) in [4.78, 5) is 14.1. The monoisotopic (exact) mass is 329 g/mol. The lowest BCUT2D eigenvalue weighted by molar-refractivity contribution is -0.118. The number of amides is 1. The first-order valence-corrected chi connectivity index (χ1v) is 7.00. The van der Waals surface area contributed by atoms with Crippen molar-refractivity contribution in [1.29, 1.82) is 0 Å². The van der Waals surface area contributed by atoms with Gasteiger partial charge in [-0.05, 0) is 39.0 Å². The van der Waals surface area contributed by atoms with E-state index >= 15 is 0 Å². The fourth-order valence-electron chi connectivity index (χ4n) is 2.44. The number of morpholine rings is 1. The molecule has 1 saturated heterocycles. The van der Waals surface area contributed by atoms with E-state index in [0.717, 1.165) is 0 Å². The van der Waals surface area contributed by atoms with Gasteiger partial charge in [0.2, 0.25) is 0 Å². The van der Waals surface area contributed by atoms with Crippen LogP contribution in [-0.4, -0.2) is 35.6 Å². The molecule has 0 aliphatic carbocycles. The number of rotatable bonds is 1. The molecule has 1 heterocycles. The summed E-state index contributed by atoms with van der Waals surface area (Å²) in [6, 6.07) is 4.40. The van der Waals surface area contributed by atoms with Crippen LogP contribution in [0.1, 0.15) is 31.1 Å². The smallest absolute Gasteiger partial charge is 0.257 e. The van der Waals surface area contributed by atoms with E-state index in [1.54, 1.807) is 11.0 Å². The van der Waals surface area contributed by atoms with Crippen molar-refractivity contribution >= 4 is 21.8 Å². The van der Waals surface area contributed by atoms with Gasteiger partial charge in [-0.25, -0.2) is 4.39 Å². The van der Waals surface area contributed by atoms with E-state index in [1.165, 1.54) is 12.1 Å². The summed E-state index contributed by atoms with van der Waals surface area (Å²) >= 11 is 3.26. The molecule has 0 aromatic heterocycles. The number of halogens is 2. The molecule has 1 fully saturated rings. The van der Waals surface area contributed by atoms with Crippen LogP contribution in [0.4, 0.5) is 4.39 Å². The van der Waals surface area contributed by atoms with Gasteiger partial charge in [0.15, 0.2) is 0 Å². The van der Waals surface area contributed by atoms with Gasteiger partial charge < -0.3 is 9.64 Å². The molecule has 0 saturated carbocycles. The number of hydrogen-bond acceptors (Lipinski definition) is 2. The zero-order valence-electron chi connectivity index (χ0n) is 11.2. The molecule has 1 amide bonds. The van der Waals surface area contributed by atoms with Crippen molar-refractivity contribution in [2.24, 2.45) is 0 Å². The molecule has 0 bridgehead atoms. The first kappa shape index (κ1) is 14.5. The van der Waals surface area contributed by atoms with E-state index in [1.807, 2.05) is 20.8 Å². The second-order valence-corrected chi connectivity index (χ2v) is 6.41. The Morgan fingerprint density at radius 1 is 1.53 bits per heavy atom. The van der Waals surface area contributed by atoms with E-state index in [0.29, 0.717) is 17.6 Å². The lowest BCUT2D eigenvalue weighted by atomic mass is 10.0. The topological polar surface area (TPSA) is 29.5 Å². The Balaban J connectivity index is 2.26. The molecule has 1 aromatic carbocycles. The van der Waals surface area contributed by atoms with E-state index in [9.17, 15) is 9.18 Å². The standard InChI is InChI=1S/C14H17BrFNO2/c1-9-7-17(8-14(2,3)19-9)13(18)11-6-10(15)4-5-12(11)16/h4-6,9H,7-8H2,1-3H3. The summed E-state index contributed by atoms with van der Waals surface area (Å²) in [5, 5.41) is 0. The van der Waals surface area contributed by atoms with Gasteiger partial charge in [-0.15, -0.1) is 0 Å². The average Bonchev–Trinajstić information content (AvgIpc) is 2.29. The molecule has 19 heavy (non-hydrogen) atoms. The van der Waals surface area contributed by atoms with Gasteiger partial charge in [0, 0.05) is 17.6 Å². The number of benzene rings is 1. The number of hydrogen-bond donors (Lipinski definition) is 0. The lowest BCUT2D eigenvalue weighted by Gasteiger charge is -2.41. The van der Waals surface area contributed by atoms with Crippen molar-refractivity contribution in [1.82, 2.24) is 4.90 Å². The summed E-state index contributed by atoms with van der Waals surface area (Å²) in [5.41, 5.74) is -0.310. The predicted octanol–water partition coefficient (Wildman–Crippen LogP) is 3.23. The van der Waals surface area contributed by atoms with Gasteiger partial charge in [0.05, 0.1) is 17.3 Å². The molecule has 1 atom stereocenters. The van der Waals surface area contributed by atoms with Crippen LogP contribution in [0.5, 0.6) is 0 Å². The molecular formula is C14H17BrFNO2. The first-order valence-electron chi connectivity index (χ1n) is 6.21. The normalized spacial score (nSPS) is 22.4. The highest BCUT2D eigenvalue weighted by Crippen LogP contribution is 2.24. The van der Waals surface area contributed by atoms with Crippen LogP contribution >= 0.6 is 15.9 Å². The third-order valence-electron chi connectivity index (χ3n) is 3.02. The van der Waals surface area contributed by atoms with Crippen LogP contribution in [0.3, 0.4) is 0 Å². The minimum atomic E-state index is -0.495. The van der Waals surface area contributed by atoms with Crippen molar-refractivity contribution in [3.8, 4) is 0 Å². The van der Waals surface area contributed by atoms with Crippen LogP contribution in [0.15, 0.2) is 22.7 Å². The highest BCUT2D eigenvalue weighted by molar-refractivity contribution is 9.10. The average molecular weight is 330 g/mol. The van der Waals surface area contributed by atoms with Crippen molar-refractivity contribution in [3.05, 3.63) is 34.1 Å². The Morgan fingerprint density at radius 2 is 2.21 bits per heavy atom. The van der Waals surface area contributed by atoms with Crippen LogP contribution in [0.25, 0.3) is 0 Å². The van der Waals surface area contributed by atoms with Gasteiger partial charge in [0.25, 0.3) is 5.91 Å². The van der Waals surface area contributed by atoms with E-state index in [-0.39, 0.29) is 17.6 Å². The van der Waals surface area contributed by atoms with E-state index in [2.05, 4.69) is 15.9 Å². The molecule has 1 aromatic rings. The van der Waals surface area contributed by atoms with Gasteiger partial charge in [-0.3, -0.25) is 4.79 Å². The fourth-order valence-corrected chi connectivity index (χ4v) is 2.80. The molecule has 0 radical (unpaired) electrons. The van der Waals surface area contributed by atoms with Gasteiger partial charge in [-0.2, -0.15) is 0 Å². The molecule has 2 rings (SSSR count). The first-order chi connectivity index (χ1) is 8.78. The second kappa shape index (κ2) is 5.21. The Labute approximate surface area is 120 Å². The highest BCUT2D eigenvalue weighted by Gasteiger charge is 2.34. The van der Waals surface area contributed by atoms with E-state index in [4.69, 9.17) is 4.74 Å². The van der Waals surface area contributed by atoms with Crippen molar-refractivity contribution in [2.75, 3.05) is 13.1 Å². The van der Waals surface area contributed by atoms with E-state index < -0.39 is 11.4 Å². The summed E-state index contributed by atoms with van der Waals surface area (Å²) in [6.07, 6.45) is -0.0529. The summed E-state index contributed by atoms with van der Waals surface area (Å²) < 4.78 is 20.2. The maximum atomic E-state index is 13.8. The molecule has 1 unspecified atom stereocenters. The van der Waals surface area contributed by atoms with Crippen molar-refractivity contribution in [3.63, 3.8) is 0 Å². The summed E-state index contributed by atoms with van der Waals surface area (Å²) in [6.45, 7) is 6.72. The molecule has 0 N–H and O–H groups in total. The maximum Gasteiger partial charge on any atom is 0.257 e. The Morgan fingerprint density at radius 3 is 2.84 bits per heavy atom. The van der Waals surface area contributed by atoms with Crippen molar-refractivity contribution in [2.45, 2.75) is 32.5 Å². The third-order valence-corrected chi connectivity index (χ3v) is 3.51. The molecule has 5 heteroatoms. The molecule has 3 nitrogen and oxygen atoms in total. The van der Waals surface area contributed by atoms with Gasteiger partial charge in [0.1, 0.15) is 5.82 Å². The molecule has 0 spiro atoms. The largest absolute Gasteiger partial charge is 0.369 e. The zero-order valence-corrected chi connectivity index (χ0v) is 12.8. The summed E-state index contributed by atoms with van der Waals surface area (Å²) in [5.74, 6) is -0.785. The Kier molecular flexibility index (Phi) is 3.97. The van der Waals surface area contributed by atoms with Gasteiger partial charge in [-0.1, -0.05) is 15.9 Å². The summed E-state index contributed by atoms with van der Waals surface area (Å²) in [7, 11) is 0. The van der Waals surface area contributed by atoms with Crippen LogP contribution in [0.2, 0.25) is 0 Å². The van der Waals surface area contributed by atoms with Crippen LogP contribution in [-0.2, 0) is 4.74 Å². The van der Waals surface area contributed by atoms with Crippen LogP contribution < -0.4 is 0 Å². The Hall–Kier alpha value is -0.940. The third kappa shape index (κ3) is 3.34. The fraction of sp³-hybridized carbons (Fsp3) is 0.500.